The van der Waals surface area contributed by atoms with Crippen molar-refractivity contribution in [2.75, 3.05) is 7.11 Å². The lowest BCUT2D eigenvalue weighted by atomic mass is 9.93. The Hall–Kier alpha value is -1.32. The monoisotopic (exact) mass is 262 g/mol. The maximum atomic E-state index is 10.0. The van der Waals surface area contributed by atoms with E-state index in [-0.39, 0.29) is 5.92 Å². The van der Waals surface area contributed by atoms with Crippen molar-refractivity contribution in [2.24, 2.45) is 0 Å². The normalized spacial score (nSPS) is 14.2. The van der Waals surface area contributed by atoms with E-state index in [2.05, 4.69) is 19.1 Å². The molecule has 0 bridgehead atoms. The average molecular weight is 262 g/mol. The maximum absolute atomic E-state index is 10.0. The summed E-state index contributed by atoms with van der Waals surface area (Å²) in [6, 6.07) is 12.1. The molecule has 0 aliphatic rings. The van der Waals surface area contributed by atoms with Crippen LogP contribution in [0, 0.1) is 6.92 Å². The van der Waals surface area contributed by atoms with Gasteiger partial charge in [-0.1, -0.05) is 12.1 Å². The van der Waals surface area contributed by atoms with Crippen LogP contribution in [0.3, 0.4) is 0 Å². The van der Waals surface area contributed by atoms with E-state index in [1.165, 1.54) is 9.75 Å². The van der Waals surface area contributed by atoms with Gasteiger partial charge in [0.1, 0.15) is 5.75 Å². The summed E-state index contributed by atoms with van der Waals surface area (Å²) >= 11 is 1.74. The van der Waals surface area contributed by atoms with Crippen LogP contribution in [0.1, 0.15) is 28.2 Å². The van der Waals surface area contributed by atoms with Crippen LogP contribution < -0.4 is 4.74 Å². The molecule has 2 rings (SSSR count). The van der Waals surface area contributed by atoms with Gasteiger partial charge in [-0.2, -0.15) is 0 Å². The van der Waals surface area contributed by atoms with Gasteiger partial charge in [-0.05, 0) is 43.7 Å². The maximum Gasteiger partial charge on any atom is 0.118 e. The van der Waals surface area contributed by atoms with Crippen LogP contribution in [0.25, 0.3) is 0 Å². The van der Waals surface area contributed by atoms with E-state index in [9.17, 15) is 5.11 Å². The number of aliphatic hydroxyl groups excluding tert-OH is 1. The average Bonchev–Trinajstić information content (AvgIpc) is 2.76. The van der Waals surface area contributed by atoms with Gasteiger partial charge in [-0.3, -0.25) is 0 Å². The summed E-state index contributed by atoms with van der Waals surface area (Å²) in [7, 11) is 1.66. The molecule has 2 atom stereocenters. The van der Waals surface area contributed by atoms with Crippen molar-refractivity contribution >= 4 is 11.3 Å². The van der Waals surface area contributed by atoms with Gasteiger partial charge in [0.05, 0.1) is 13.2 Å². The molecule has 0 amide bonds. The highest BCUT2D eigenvalue weighted by Gasteiger charge is 2.21. The first-order valence-electron chi connectivity index (χ1n) is 6.00. The van der Waals surface area contributed by atoms with Crippen molar-refractivity contribution in [1.29, 1.82) is 0 Å². The molecular weight excluding hydrogens is 244 g/mol. The standard InChI is InChI=1S/C15H18O2S/c1-10-4-9-14(18-10)15(11(2)16)12-5-7-13(17-3)8-6-12/h4-9,11,15-16H,1-3H3/t11-,15+/m1/s1. The molecule has 1 heterocycles. The van der Waals surface area contributed by atoms with Crippen molar-refractivity contribution in [1.82, 2.24) is 0 Å². The van der Waals surface area contributed by atoms with Crippen molar-refractivity contribution < 1.29 is 9.84 Å². The second-order valence-corrected chi connectivity index (χ2v) is 5.76. The summed E-state index contributed by atoms with van der Waals surface area (Å²) in [6.45, 7) is 3.92. The van der Waals surface area contributed by atoms with Gasteiger partial charge in [-0.25, -0.2) is 0 Å². The molecule has 3 heteroatoms. The fourth-order valence-corrected chi connectivity index (χ4v) is 3.22. The zero-order chi connectivity index (χ0) is 13.1. The Morgan fingerprint density at radius 2 is 1.78 bits per heavy atom. The Balaban J connectivity index is 2.35. The number of thiophene rings is 1. The minimum atomic E-state index is -0.406. The quantitative estimate of drug-likeness (QED) is 0.912. The molecule has 1 aromatic carbocycles. The number of hydrogen-bond donors (Lipinski definition) is 1. The number of aryl methyl sites for hydroxylation is 1. The molecule has 0 radical (unpaired) electrons. The van der Waals surface area contributed by atoms with Gasteiger partial charge in [0, 0.05) is 15.7 Å². The van der Waals surface area contributed by atoms with Gasteiger partial charge >= 0.3 is 0 Å². The fourth-order valence-electron chi connectivity index (χ4n) is 2.11. The lowest BCUT2D eigenvalue weighted by Gasteiger charge is -2.19. The van der Waals surface area contributed by atoms with Gasteiger partial charge in [-0.15, -0.1) is 11.3 Å². The molecule has 1 aromatic heterocycles. The molecule has 0 unspecified atom stereocenters. The number of ether oxygens (including phenoxy) is 1. The van der Waals surface area contributed by atoms with E-state index in [1.807, 2.05) is 31.2 Å². The van der Waals surface area contributed by atoms with E-state index >= 15 is 0 Å². The van der Waals surface area contributed by atoms with Gasteiger partial charge in [0.25, 0.3) is 0 Å². The van der Waals surface area contributed by atoms with E-state index in [0.717, 1.165) is 11.3 Å². The van der Waals surface area contributed by atoms with E-state index < -0.39 is 6.10 Å². The van der Waals surface area contributed by atoms with Gasteiger partial charge in [0.2, 0.25) is 0 Å². The van der Waals surface area contributed by atoms with Crippen molar-refractivity contribution in [3.05, 3.63) is 51.7 Å². The largest absolute Gasteiger partial charge is 0.497 e. The zero-order valence-electron chi connectivity index (χ0n) is 10.9. The first kappa shape index (κ1) is 13.1. The SMILES string of the molecule is COc1ccc([C@@H](c2ccc(C)s2)[C@@H](C)O)cc1. The summed E-state index contributed by atoms with van der Waals surface area (Å²) in [5.41, 5.74) is 1.12. The first-order chi connectivity index (χ1) is 8.61. The summed E-state index contributed by atoms with van der Waals surface area (Å²) < 4.78 is 5.16. The van der Waals surface area contributed by atoms with Crippen LogP contribution in [0.2, 0.25) is 0 Å². The molecule has 96 valence electrons. The third kappa shape index (κ3) is 2.74. The van der Waals surface area contributed by atoms with Gasteiger partial charge in [0.15, 0.2) is 0 Å². The Kier molecular flexibility index (Phi) is 4.04. The van der Waals surface area contributed by atoms with Crippen molar-refractivity contribution in [2.45, 2.75) is 25.9 Å². The molecule has 0 saturated carbocycles. The number of benzene rings is 1. The minimum absolute atomic E-state index is 0.0367. The Bertz CT molecular complexity index is 499. The van der Waals surface area contributed by atoms with Crippen molar-refractivity contribution in [3.8, 4) is 5.75 Å². The number of hydrogen-bond acceptors (Lipinski definition) is 3. The molecule has 2 aromatic rings. The molecule has 2 nitrogen and oxygen atoms in total. The predicted molar refractivity (Wildman–Crippen MR) is 75.6 cm³/mol. The number of methoxy groups -OCH3 is 1. The third-order valence-corrected chi connectivity index (χ3v) is 4.11. The van der Waals surface area contributed by atoms with Gasteiger partial charge < -0.3 is 9.84 Å². The first-order valence-corrected chi connectivity index (χ1v) is 6.82. The van der Waals surface area contributed by atoms with Crippen LogP contribution in [-0.4, -0.2) is 18.3 Å². The number of aliphatic hydroxyl groups is 1. The van der Waals surface area contributed by atoms with Crippen LogP contribution in [0.15, 0.2) is 36.4 Å². The molecule has 0 aliphatic carbocycles. The molecule has 0 aliphatic heterocycles. The molecular formula is C15H18O2S. The summed E-state index contributed by atoms with van der Waals surface area (Å²) in [4.78, 5) is 2.47. The Morgan fingerprint density at radius 1 is 1.11 bits per heavy atom. The highest BCUT2D eigenvalue weighted by atomic mass is 32.1. The second kappa shape index (κ2) is 5.55. The van der Waals surface area contributed by atoms with Crippen LogP contribution in [0.5, 0.6) is 5.75 Å². The Morgan fingerprint density at radius 3 is 2.22 bits per heavy atom. The fraction of sp³-hybridized carbons (Fsp3) is 0.333. The molecule has 0 fully saturated rings. The van der Waals surface area contributed by atoms with E-state index in [0.29, 0.717) is 0 Å². The topological polar surface area (TPSA) is 29.5 Å². The minimum Gasteiger partial charge on any atom is -0.497 e. The van der Waals surface area contributed by atoms with Crippen LogP contribution >= 0.6 is 11.3 Å². The van der Waals surface area contributed by atoms with Crippen LogP contribution in [-0.2, 0) is 0 Å². The molecule has 1 N–H and O–H groups in total. The smallest absolute Gasteiger partial charge is 0.118 e. The number of rotatable bonds is 4. The highest BCUT2D eigenvalue weighted by molar-refractivity contribution is 7.12. The predicted octanol–water partition coefficient (Wildman–Crippen LogP) is 3.58. The zero-order valence-corrected chi connectivity index (χ0v) is 11.7. The highest BCUT2D eigenvalue weighted by Crippen LogP contribution is 2.33. The van der Waals surface area contributed by atoms with E-state index in [1.54, 1.807) is 18.4 Å². The summed E-state index contributed by atoms with van der Waals surface area (Å²) in [5, 5.41) is 10.0. The van der Waals surface area contributed by atoms with Crippen LogP contribution in [0.4, 0.5) is 0 Å². The van der Waals surface area contributed by atoms with E-state index in [4.69, 9.17) is 4.74 Å². The lowest BCUT2D eigenvalue weighted by molar-refractivity contribution is 0.177. The third-order valence-electron chi connectivity index (χ3n) is 3.02. The summed E-state index contributed by atoms with van der Waals surface area (Å²) in [5.74, 6) is 0.875. The van der Waals surface area contributed by atoms with Crippen molar-refractivity contribution in [3.63, 3.8) is 0 Å². The molecule has 0 spiro atoms. The summed E-state index contributed by atoms with van der Waals surface area (Å²) in [6.07, 6.45) is -0.406. The lowest BCUT2D eigenvalue weighted by Crippen LogP contribution is -2.14. The Labute approximate surface area is 112 Å². The second-order valence-electron chi connectivity index (χ2n) is 4.44. The molecule has 0 saturated heterocycles. The molecule has 18 heavy (non-hydrogen) atoms.